The number of cyclic esters (lactones) is 1. The molecule has 3 heterocycles. The van der Waals surface area contributed by atoms with E-state index in [1.807, 2.05) is 61.5 Å². The Bertz CT molecular complexity index is 1260. The molecule has 2 amide bonds. The number of hydrogen-bond acceptors (Lipinski definition) is 6. The highest BCUT2D eigenvalue weighted by Crippen LogP contribution is 2.27. The predicted octanol–water partition coefficient (Wildman–Crippen LogP) is 4.16. The van der Waals surface area contributed by atoms with Gasteiger partial charge in [0.25, 0.3) is 5.91 Å². The summed E-state index contributed by atoms with van der Waals surface area (Å²) >= 11 is 0. The second-order valence-electron chi connectivity index (χ2n) is 7.24. The van der Waals surface area contributed by atoms with Crippen LogP contribution in [-0.2, 0) is 22.4 Å². The number of carbonyl (C=O) groups excluding carboxylic acids is 2. The lowest BCUT2D eigenvalue weighted by Crippen LogP contribution is -2.25. The van der Waals surface area contributed by atoms with Crippen molar-refractivity contribution in [1.29, 1.82) is 0 Å². The van der Waals surface area contributed by atoms with E-state index in [4.69, 9.17) is 13.6 Å². The molecule has 5 rings (SSSR count). The fourth-order valence-electron chi connectivity index (χ4n) is 3.56. The molecule has 0 bridgehead atoms. The maximum absolute atomic E-state index is 11.7. The number of fused-ring (bicyclic) bond motifs is 1. The zero-order valence-corrected chi connectivity index (χ0v) is 16.2. The number of alkyl carbamates (subject to hydrolysis) is 1. The van der Waals surface area contributed by atoms with E-state index in [0.29, 0.717) is 18.7 Å². The van der Waals surface area contributed by atoms with Crippen molar-refractivity contribution < 1.29 is 23.2 Å². The topological polar surface area (TPSA) is 94.6 Å². The van der Waals surface area contributed by atoms with Crippen LogP contribution in [0.15, 0.2) is 63.4 Å². The predicted molar refractivity (Wildman–Crippen MR) is 108 cm³/mol. The Hall–Kier alpha value is -3.87. The van der Waals surface area contributed by atoms with Gasteiger partial charge in [-0.05, 0) is 42.8 Å². The third-order valence-electron chi connectivity index (χ3n) is 5.07. The molecule has 2 aromatic carbocycles. The van der Waals surface area contributed by atoms with E-state index in [0.717, 1.165) is 39.3 Å². The second-order valence-corrected chi connectivity index (χ2v) is 7.24. The molecule has 1 fully saturated rings. The Balaban J connectivity index is 1.36. The van der Waals surface area contributed by atoms with E-state index in [9.17, 15) is 9.59 Å². The molecule has 1 saturated heterocycles. The van der Waals surface area contributed by atoms with Crippen LogP contribution in [0.4, 0.5) is 4.79 Å². The van der Waals surface area contributed by atoms with Crippen LogP contribution < -0.4 is 5.32 Å². The second kappa shape index (κ2) is 7.18. The highest BCUT2D eigenvalue weighted by Gasteiger charge is 2.32. The Morgan fingerprint density at radius 1 is 1.03 bits per heavy atom. The van der Waals surface area contributed by atoms with Crippen molar-refractivity contribution in [1.82, 2.24) is 10.3 Å². The fraction of sp³-hybridized carbons (Fsp3) is 0.174. The van der Waals surface area contributed by atoms with Gasteiger partial charge < -0.3 is 13.6 Å². The molecule has 0 saturated carbocycles. The van der Waals surface area contributed by atoms with Gasteiger partial charge in [0.2, 0.25) is 5.89 Å². The highest BCUT2D eigenvalue weighted by molar-refractivity contribution is 6.00. The molecular weight excluding hydrogens is 384 g/mol. The van der Waals surface area contributed by atoms with Crippen molar-refractivity contribution >= 4 is 23.0 Å². The molecule has 4 aromatic rings. The van der Waals surface area contributed by atoms with Crippen LogP contribution in [0.2, 0.25) is 0 Å². The van der Waals surface area contributed by atoms with Gasteiger partial charge in [0, 0.05) is 17.4 Å². The molecule has 0 spiro atoms. The minimum atomic E-state index is -0.796. The van der Waals surface area contributed by atoms with Gasteiger partial charge in [-0.25, -0.2) is 9.78 Å². The molecule has 150 valence electrons. The minimum Gasteiger partial charge on any atom is -0.461 e. The summed E-state index contributed by atoms with van der Waals surface area (Å²) in [4.78, 5) is 27.5. The number of furan rings is 1. The Morgan fingerprint density at radius 2 is 1.87 bits per heavy atom. The summed E-state index contributed by atoms with van der Waals surface area (Å²) in [5, 5.41) is 3.05. The number of benzene rings is 2. The Labute approximate surface area is 171 Å². The molecule has 7 heteroatoms. The molecule has 1 aliphatic rings. The first-order valence-electron chi connectivity index (χ1n) is 9.60. The number of oxazole rings is 1. The third kappa shape index (κ3) is 3.45. The SMILES string of the molecule is Cc1oc(-c2ccccc2)nc1Cc1cc2cc(C[C@@H]3OC(=O)NC3=O)ccc2o1. The van der Waals surface area contributed by atoms with E-state index < -0.39 is 18.1 Å². The zero-order chi connectivity index (χ0) is 20.7. The number of aryl methyl sites for hydroxylation is 1. The number of nitrogens with zero attached hydrogens (tertiary/aromatic N) is 1. The van der Waals surface area contributed by atoms with Crippen molar-refractivity contribution in [3.63, 3.8) is 0 Å². The lowest BCUT2D eigenvalue weighted by molar-refractivity contribution is -0.123. The highest BCUT2D eigenvalue weighted by atomic mass is 16.6. The van der Waals surface area contributed by atoms with Crippen LogP contribution >= 0.6 is 0 Å². The molecule has 1 N–H and O–H groups in total. The maximum atomic E-state index is 11.7. The van der Waals surface area contributed by atoms with Crippen molar-refractivity contribution in [2.45, 2.75) is 25.9 Å². The van der Waals surface area contributed by atoms with E-state index in [1.54, 1.807) is 0 Å². The van der Waals surface area contributed by atoms with E-state index in [2.05, 4.69) is 10.3 Å². The van der Waals surface area contributed by atoms with E-state index in [1.165, 1.54) is 0 Å². The molecule has 0 aliphatic carbocycles. The molecule has 1 aliphatic heterocycles. The van der Waals surface area contributed by atoms with Gasteiger partial charge in [0.15, 0.2) is 6.10 Å². The van der Waals surface area contributed by atoms with Gasteiger partial charge >= 0.3 is 6.09 Å². The summed E-state index contributed by atoms with van der Waals surface area (Å²) in [6.07, 6.45) is -0.670. The first-order valence-corrected chi connectivity index (χ1v) is 9.60. The number of rotatable bonds is 5. The molecular formula is C23H18N2O5. The van der Waals surface area contributed by atoms with Crippen molar-refractivity contribution in [3.05, 3.63) is 77.4 Å². The van der Waals surface area contributed by atoms with Crippen LogP contribution in [0.25, 0.3) is 22.4 Å². The summed E-state index contributed by atoms with van der Waals surface area (Å²) in [6.45, 7) is 1.89. The number of aromatic nitrogens is 1. The average Bonchev–Trinajstić information content (AvgIpc) is 3.39. The van der Waals surface area contributed by atoms with Crippen molar-refractivity contribution in [2.75, 3.05) is 0 Å². The lowest BCUT2D eigenvalue weighted by Gasteiger charge is -2.05. The number of ether oxygens (including phenoxy) is 1. The zero-order valence-electron chi connectivity index (χ0n) is 16.2. The van der Waals surface area contributed by atoms with Crippen LogP contribution in [-0.4, -0.2) is 23.1 Å². The minimum absolute atomic E-state index is 0.316. The molecule has 0 radical (unpaired) electrons. The van der Waals surface area contributed by atoms with Gasteiger partial charge in [0.05, 0.1) is 12.1 Å². The number of amides is 2. The quantitative estimate of drug-likeness (QED) is 0.539. The number of nitrogens with one attached hydrogen (secondary N) is 1. The van der Waals surface area contributed by atoms with Crippen LogP contribution in [0.5, 0.6) is 0 Å². The summed E-state index contributed by atoms with van der Waals surface area (Å²) in [5.41, 5.74) is 3.38. The van der Waals surface area contributed by atoms with Crippen LogP contribution in [0.1, 0.15) is 22.8 Å². The van der Waals surface area contributed by atoms with E-state index in [-0.39, 0.29) is 0 Å². The van der Waals surface area contributed by atoms with Gasteiger partial charge in [-0.15, -0.1) is 0 Å². The molecule has 30 heavy (non-hydrogen) atoms. The Morgan fingerprint density at radius 3 is 2.63 bits per heavy atom. The third-order valence-corrected chi connectivity index (χ3v) is 5.07. The normalized spacial score (nSPS) is 16.1. The standard InChI is InChI=1S/C23H18N2O5/c1-13-18(24-22(28-13)15-5-3-2-4-6-15)12-17-11-16-9-14(7-8-19(16)29-17)10-20-21(26)25-23(27)30-20/h2-9,11,20H,10,12H2,1H3,(H,25,26,27)/t20-/m0/s1. The first-order chi connectivity index (χ1) is 14.5. The van der Waals surface area contributed by atoms with E-state index >= 15 is 0 Å². The molecule has 0 unspecified atom stereocenters. The maximum Gasteiger partial charge on any atom is 0.414 e. The van der Waals surface area contributed by atoms with Gasteiger partial charge in [0.1, 0.15) is 17.1 Å². The Kier molecular flexibility index (Phi) is 4.35. The fourth-order valence-corrected chi connectivity index (χ4v) is 3.56. The van der Waals surface area contributed by atoms with Gasteiger partial charge in [-0.3, -0.25) is 10.1 Å². The lowest BCUT2D eigenvalue weighted by atomic mass is 10.1. The van der Waals surface area contributed by atoms with Gasteiger partial charge in [-0.1, -0.05) is 24.3 Å². The summed E-state index contributed by atoms with van der Waals surface area (Å²) < 4.78 is 16.8. The molecule has 1 atom stereocenters. The van der Waals surface area contributed by atoms with Crippen LogP contribution in [0.3, 0.4) is 0 Å². The number of imide groups is 1. The van der Waals surface area contributed by atoms with Gasteiger partial charge in [-0.2, -0.15) is 0 Å². The van der Waals surface area contributed by atoms with Crippen LogP contribution in [0, 0.1) is 6.92 Å². The summed E-state index contributed by atoms with van der Waals surface area (Å²) in [7, 11) is 0. The largest absolute Gasteiger partial charge is 0.461 e. The first kappa shape index (κ1) is 18.2. The smallest absolute Gasteiger partial charge is 0.414 e. The summed E-state index contributed by atoms with van der Waals surface area (Å²) in [6, 6.07) is 17.4. The molecule has 7 nitrogen and oxygen atoms in total. The van der Waals surface area contributed by atoms with Crippen molar-refractivity contribution in [3.8, 4) is 11.5 Å². The number of carbonyl (C=O) groups is 2. The van der Waals surface area contributed by atoms with Crippen molar-refractivity contribution in [2.24, 2.45) is 0 Å². The summed E-state index contributed by atoms with van der Waals surface area (Å²) in [5.74, 6) is 1.70. The monoisotopic (exact) mass is 402 g/mol. The molecule has 2 aromatic heterocycles. The average molecular weight is 402 g/mol. The number of hydrogen-bond donors (Lipinski definition) is 1.